The third kappa shape index (κ3) is 5.29. The maximum atomic E-state index is 13.8. The van der Waals surface area contributed by atoms with Gasteiger partial charge in [-0.15, -0.1) is 5.10 Å². The molecule has 11 nitrogen and oxygen atoms in total. The Balaban J connectivity index is 1.38. The number of rotatable bonds is 7. The van der Waals surface area contributed by atoms with E-state index in [0.29, 0.717) is 24.4 Å². The summed E-state index contributed by atoms with van der Waals surface area (Å²) in [6.45, 7) is 0.109. The highest BCUT2D eigenvalue weighted by molar-refractivity contribution is 5.77. The fraction of sp³-hybridized carbons (Fsp3) is 0.520. The van der Waals surface area contributed by atoms with Crippen LogP contribution in [0.4, 0.5) is 13.2 Å². The van der Waals surface area contributed by atoms with E-state index in [1.807, 2.05) is 0 Å². The molecule has 1 unspecified atom stereocenters. The Morgan fingerprint density at radius 2 is 1.92 bits per heavy atom. The van der Waals surface area contributed by atoms with E-state index in [1.54, 1.807) is 18.0 Å². The monoisotopic (exact) mass is 551 g/mol. The van der Waals surface area contributed by atoms with E-state index in [1.165, 1.54) is 18.0 Å². The molecule has 2 fully saturated rings. The Kier molecular flexibility index (Phi) is 7.71. The SMILES string of the molecule is CO[C@@H]1[C@@H](n2cc(-c3cc(F)c(F)c(F)c3)nn2)[C@@H](O)[C@@H](CO)O[C@@H]1Cc1cc(C2CCN(C)C(=O)C2)no1. The zero-order valence-corrected chi connectivity index (χ0v) is 21.2. The van der Waals surface area contributed by atoms with Crippen molar-refractivity contribution in [2.45, 2.75) is 55.6 Å². The van der Waals surface area contributed by atoms with Crippen molar-refractivity contribution < 1.29 is 42.2 Å². The van der Waals surface area contributed by atoms with Crippen molar-refractivity contribution in [1.82, 2.24) is 25.1 Å². The van der Waals surface area contributed by atoms with E-state index in [-0.39, 0.29) is 29.5 Å². The maximum absolute atomic E-state index is 13.8. The van der Waals surface area contributed by atoms with Gasteiger partial charge in [-0.1, -0.05) is 10.4 Å². The van der Waals surface area contributed by atoms with E-state index in [4.69, 9.17) is 14.0 Å². The Bertz CT molecular complexity index is 1310. The summed E-state index contributed by atoms with van der Waals surface area (Å²) in [5.41, 5.74) is 0.641. The second kappa shape index (κ2) is 11.0. The summed E-state index contributed by atoms with van der Waals surface area (Å²) in [6, 6.07) is 2.43. The van der Waals surface area contributed by atoms with Crippen molar-refractivity contribution in [3.63, 3.8) is 0 Å². The van der Waals surface area contributed by atoms with Gasteiger partial charge in [-0.25, -0.2) is 17.9 Å². The number of hydrogen-bond acceptors (Lipinski definition) is 9. The summed E-state index contributed by atoms with van der Waals surface area (Å²) in [7, 11) is 3.17. The van der Waals surface area contributed by atoms with E-state index in [0.717, 1.165) is 18.6 Å². The molecule has 5 rings (SSSR count). The van der Waals surface area contributed by atoms with Gasteiger partial charge in [-0.2, -0.15) is 0 Å². The lowest BCUT2D eigenvalue weighted by molar-refractivity contribution is -0.212. The average Bonchev–Trinajstić information content (AvgIpc) is 3.59. The summed E-state index contributed by atoms with van der Waals surface area (Å²) in [6.07, 6.45) is -1.26. The van der Waals surface area contributed by atoms with E-state index < -0.39 is 54.5 Å². The normalized spacial score (nSPS) is 27.8. The molecule has 2 N–H and O–H groups in total. The van der Waals surface area contributed by atoms with Gasteiger partial charge >= 0.3 is 0 Å². The highest BCUT2D eigenvalue weighted by atomic mass is 19.2. The van der Waals surface area contributed by atoms with Gasteiger partial charge in [0.1, 0.15) is 35.8 Å². The van der Waals surface area contributed by atoms with Crippen LogP contribution in [-0.4, -0.2) is 92.9 Å². The lowest BCUT2D eigenvalue weighted by Crippen LogP contribution is -2.57. The van der Waals surface area contributed by atoms with Gasteiger partial charge in [0.15, 0.2) is 17.5 Å². The number of methoxy groups -OCH3 is 1. The van der Waals surface area contributed by atoms with Gasteiger partial charge in [0, 0.05) is 51.1 Å². The first-order valence-electron chi connectivity index (χ1n) is 12.4. The lowest BCUT2D eigenvalue weighted by Gasteiger charge is -2.43. The van der Waals surface area contributed by atoms with Crippen molar-refractivity contribution in [3.8, 4) is 11.3 Å². The molecule has 2 aliphatic rings. The molecule has 2 aliphatic heterocycles. The van der Waals surface area contributed by atoms with Gasteiger partial charge in [0.05, 0.1) is 24.6 Å². The standard InChI is InChI=1S/C25H28F3N5O6/c1-32-4-3-12(7-21(32)35)17-8-14(39-30-17)9-19-25(37-2)23(24(36)20(11-34)38-19)33-10-18(29-31-33)13-5-15(26)22(28)16(27)6-13/h5-6,8,10,12,19-20,23-25,34,36H,3-4,7,9,11H2,1-2H3/t12?,19-,20-,23+,24+,25+/m1/s1. The Labute approximate surface area is 221 Å². The number of nitrogens with zero attached hydrogens (tertiary/aromatic N) is 5. The summed E-state index contributed by atoms with van der Waals surface area (Å²) in [5.74, 6) is -3.92. The Hall–Kier alpha value is -3.33. The van der Waals surface area contributed by atoms with Crippen LogP contribution in [0.5, 0.6) is 0 Å². The molecule has 1 amide bonds. The maximum Gasteiger partial charge on any atom is 0.222 e. The first-order valence-corrected chi connectivity index (χ1v) is 12.4. The highest BCUT2D eigenvalue weighted by Gasteiger charge is 2.47. The van der Waals surface area contributed by atoms with Crippen LogP contribution >= 0.6 is 0 Å². The number of benzene rings is 1. The fourth-order valence-electron chi connectivity index (χ4n) is 5.20. The van der Waals surface area contributed by atoms with Crippen LogP contribution < -0.4 is 0 Å². The summed E-state index contributed by atoms with van der Waals surface area (Å²) in [5, 5.41) is 33.0. The number of likely N-dealkylation sites (tertiary alicyclic amines) is 1. The van der Waals surface area contributed by atoms with Crippen LogP contribution in [0.15, 0.2) is 28.9 Å². The number of piperidine rings is 1. The third-order valence-corrected chi connectivity index (χ3v) is 7.39. The smallest absolute Gasteiger partial charge is 0.222 e. The summed E-state index contributed by atoms with van der Waals surface area (Å²) < 4.78 is 59.4. The number of carbonyl (C=O) groups excluding carboxylic acids is 1. The van der Waals surface area contributed by atoms with Gasteiger partial charge in [0.25, 0.3) is 0 Å². The topological polar surface area (TPSA) is 136 Å². The van der Waals surface area contributed by atoms with Crippen LogP contribution in [0.3, 0.4) is 0 Å². The van der Waals surface area contributed by atoms with Crippen LogP contribution in [0, 0.1) is 17.5 Å². The van der Waals surface area contributed by atoms with Crippen LogP contribution in [0.2, 0.25) is 0 Å². The number of carbonyl (C=O) groups is 1. The molecule has 3 aromatic rings. The average molecular weight is 552 g/mol. The highest BCUT2D eigenvalue weighted by Crippen LogP contribution is 2.35. The Morgan fingerprint density at radius 3 is 2.59 bits per heavy atom. The predicted molar refractivity (Wildman–Crippen MR) is 127 cm³/mol. The number of halogens is 3. The van der Waals surface area contributed by atoms with Crippen molar-refractivity contribution >= 4 is 5.91 Å². The lowest BCUT2D eigenvalue weighted by atomic mass is 9.89. The molecule has 0 bridgehead atoms. The van der Waals surface area contributed by atoms with Gasteiger partial charge in [-0.3, -0.25) is 4.79 Å². The molecule has 0 aliphatic carbocycles. The van der Waals surface area contributed by atoms with Crippen molar-refractivity contribution in [1.29, 1.82) is 0 Å². The summed E-state index contributed by atoms with van der Waals surface area (Å²) in [4.78, 5) is 13.8. The quantitative estimate of drug-likeness (QED) is 0.420. The minimum absolute atomic E-state index is 0.0333. The van der Waals surface area contributed by atoms with E-state index in [9.17, 15) is 28.2 Å². The second-order valence-electron chi connectivity index (χ2n) is 9.84. The van der Waals surface area contributed by atoms with Crippen molar-refractivity contribution in [2.24, 2.45) is 0 Å². The molecule has 210 valence electrons. The number of hydrogen-bond donors (Lipinski definition) is 2. The van der Waals surface area contributed by atoms with Crippen LogP contribution in [-0.2, 0) is 20.7 Å². The first-order chi connectivity index (χ1) is 18.7. The molecule has 0 spiro atoms. The predicted octanol–water partition coefficient (Wildman–Crippen LogP) is 1.61. The number of ether oxygens (including phenoxy) is 2. The number of aliphatic hydroxyl groups excluding tert-OH is 2. The fourth-order valence-corrected chi connectivity index (χ4v) is 5.20. The Morgan fingerprint density at radius 1 is 1.18 bits per heavy atom. The first kappa shape index (κ1) is 27.2. The molecule has 2 aromatic heterocycles. The molecule has 1 aromatic carbocycles. The van der Waals surface area contributed by atoms with Gasteiger partial charge < -0.3 is 29.1 Å². The van der Waals surface area contributed by atoms with E-state index >= 15 is 0 Å². The molecule has 4 heterocycles. The number of amides is 1. The summed E-state index contributed by atoms with van der Waals surface area (Å²) >= 11 is 0. The van der Waals surface area contributed by atoms with Gasteiger partial charge in [0.2, 0.25) is 5.91 Å². The number of aliphatic hydroxyl groups is 2. The molecule has 2 saturated heterocycles. The molecule has 14 heteroatoms. The molecule has 6 atom stereocenters. The second-order valence-corrected chi connectivity index (χ2v) is 9.84. The minimum atomic E-state index is -1.60. The zero-order chi connectivity index (χ0) is 27.8. The van der Waals surface area contributed by atoms with Crippen molar-refractivity contribution in [3.05, 3.63) is 53.3 Å². The third-order valence-electron chi connectivity index (χ3n) is 7.39. The van der Waals surface area contributed by atoms with E-state index in [2.05, 4.69) is 15.5 Å². The zero-order valence-electron chi connectivity index (χ0n) is 21.2. The van der Waals surface area contributed by atoms with Crippen LogP contribution in [0.25, 0.3) is 11.3 Å². The molecular weight excluding hydrogens is 523 g/mol. The number of aromatic nitrogens is 4. The molecular formula is C25H28F3N5O6. The molecule has 0 saturated carbocycles. The molecule has 39 heavy (non-hydrogen) atoms. The van der Waals surface area contributed by atoms with Gasteiger partial charge in [-0.05, 0) is 18.6 Å². The van der Waals surface area contributed by atoms with Crippen LogP contribution in [0.1, 0.15) is 36.3 Å². The van der Waals surface area contributed by atoms with Crippen molar-refractivity contribution in [2.75, 3.05) is 27.3 Å². The molecule has 0 radical (unpaired) electrons. The minimum Gasteiger partial charge on any atom is -0.394 e. The largest absolute Gasteiger partial charge is 0.394 e.